The van der Waals surface area contributed by atoms with E-state index in [1.807, 2.05) is 10.8 Å². The smallest absolute Gasteiger partial charge is 0.237 e. The SMILES string of the molecule is CCCC[C@H](N)C(=O)NC(Cn1ccnc1)C(C)(C)C. The Morgan fingerprint density at radius 1 is 1.45 bits per heavy atom. The van der Waals surface area contributed by atoms with Crippen molar-refractivity contribution < 1.29 is 4.79 Å². The standard InChI is InChI=1S/C15H28N4O/c1-5-6-7-12(16)14(20)18-13(15(2,3)4)10-19-9-8-17-11-19/h8-9,11-13H,5-7,10,16H2,1-4H3,(H,18,20)/t12-,13?/m0/s1. The summed E-state index contributed by atoms with van der Waals surface area (Å²) in [6.45, 7) is 9.16. The van der Waals surface area contributed by atoms with Crippen molar-refractivity contribution in [3.05, 3.63) is 18.7 Å². The van der Waals surface area contributed by atoms with Crippen LogP contribution in [-0.2, 0) is 11.3 Å². The lowest BCUT2D eigenvalue weighted by molar-refractivity contribution is -0.124. The number of amides is 1. The molecule has 0 spiro atoms. The van der Waals surface area contributed by atoms with Crippen LogP contribution in [0.5, 0.6) is 0 Å². The zero-order valence-corrected chi connectivity index (χ0v) is 13.1. The summed E-state index contributed by atoms with van der Waals surface area (Å²) in [5.41, 5.74) is 5.90. The number of imidazole rings is 1. The van der Waals surface area contributed by atoms with Crippen LogP contribution >= 0.6 is 0 Å². The van der Waals surface area contributed by atoms with Gasteiger partial charge in [-0.2, -0.15) is 0 Å². The highest BCUT2D eigenvalue weighted by Crippen LogP contribution is 2.21. The van der Waals surface area contributed by atoms with E-state index in [-0.39, 0.29) is 17.4 Å². The van der Waals surface area contributed by atoms with Crippen molar-refractivity contribution in [2.24, 2.45) is 11.1 Å². The van der Waals surface area contributed by atoms with Gasteiger partial charge in [-0.1, -0.05) is 40.5 Å². The highest BCUT2D eigenvalue weighted by molar-refractivity contribution is 5.81. The number of carbonyl (C=O) groups is 1. The molecule has 0 fully saturated rings. The average molecular weight is 280 g/mol. The van der Waals surface area contributed by atoms with Crippen molar-refractivity contribution in [2.45, 2.75) is 65.6 Å². The Morgan fingerprint density at radius 3 is 2.65 bits per heavy atom. The van der Waals surface area contributed by atoms with Crippen molar-refractivity contribution in [2.75, 3.05) is 0 Å². The van der Waals surface area contributed by atoms with Gasteiger partial charge in [0.2, 0.25) is 5.91 Å². The van der Waals surface area contributed by atoms with Crippen molar-refractivity contribution >= 4 is 5.91 Å². The number of rotatable bonds is 7. The van der Waals surface area contributed by atoms with Gasteiger partial charge in [0.05, 0.1) is 18.4 Å². The molecule has 20 heavy (non-hydrogen) atoms. The zero-order valence-electron chi connectivity index (χ0n) is 13.1. The molecule has 0 aliphatic heterocycles. The minimum Gasteiger partial charge on any atom is -0.350 e. The van der Waals surface area contributed by atoms with Crippen LogP contribution in [0.15, 0.2) is 18.7 Å². The summed E-state index contributed by atoms with van der Waals surface area (Å²) in [6, 6.07) is -0.389. The summed E-state index contributed by atoms with van der Waals surface area (Å²) >= 11 is 0. The van der Waals surface area contributed by atoms with Crippen molar-refractivity contribution in [3.8, 4) is 0 Å². The molecule has 2 atom stereocenters. The molecule has 0 aliphatic carbocycles. The van der Waals surface area contributed by atoms with Crippen LogP contribution in [0.3, 0.4) is 0 Å². The van der Waals surface area contributed by atoms with E-state index in [0.29, 0.717) is 6.54 Å². The van der Waals surface area contributed by atoms with E-state index in [1.165, 1.54) is 0 Å². The molecule has 0 bridgehead atoms. The van der Waals surface area contributed by atoms with Crippen LogP contribution in [0, 0.1) is 5.41 Å². The summed E-state index contributed by atoms with van der Waals surface area (Å²) in [7, 11) is 0. The fourth-order valence-electron chi connectivity index (χ4n) is 1.98. The maximum Gasteiger partial charge on any atom is 0.237 e. The van der Waals surface area contributed by atoms with E-state index < -0.39 is 6.04 Å². The molecule has 5 nitrogen and oxygen atoms in total. The molecule has 5 heteroatoms. The largest absolute Gasteiger partial charge is 0.350 e. The third-order valence-corrected chi connectivity index (χ3v) is 3.52. The predicted molar refractivity (Wildman–Crippen MR) is 81.1 cm³/mol. The van der Waals surface area contributed by atoms with E-state index in [4.69, 9.17) is 5.73 Å². The molecule has 1 amide bonds. The highest BCUT2D eigenvalue weighted by Gasteiger charge is 2.28. The molecule has 1 aromatic rings. The van der Waals surface area contributed by atoms with E-state index >= 15 is 0 Å². The maximum atomic E-state index is 12.2. The fourth-order valence-corrected chi connectivity index (χ4v) is 1.98. The Balaban J connectivity index is 2.63. The Kier molecular flexibility index (Phi) is 6.20. The number of hydrogen-bond donors (Lipinski definition) is 2. The molecule has 1 aromatic heterocycles. The lowest BCUT2D eigenvalue weighted by Crippen LogP contribution is -2.51. The third-order valence-electron chi connectivity index (χ3n) is 3.52. The van der Waals surface area contributed by atoms with E-state index in [9.17, 15) is 4.79 Å². The van der Waals surface area contributed by atoms with Crippen LogP contribution in [-0.4, -0.2) is 27.5 Å². The fraction of sp³-hybridized carbons (Fsp3) is 0.733. The number of carbonyl (C=O) groups excluding carboxylic acids is 1. The molecule has 1 rings (SSSR count). The van der Waals surface area contributed by atoms with Gasteiger partial charge in [0.1, 0.15) is 0 Å². The number of hydrogen-bond acceptors (Lipinski definition) is 3. The number of nitrogens with zero attached hydrogens (tertiary/aromatic N) is 2. The second-order valence-corrected chi connectivity index (χ2v) is 6.44. The Labute approximate surface area is 122 Å². The first kappa shape index (κ1) is 16.7. The van der Waals surface area contributed by atoms with Crippen LogP contribution in [0.25, 0.3) is 0 Å². The second kappa shape index (κ2) is 7.43. The topological polar surface area (TPSA) is 72.9 Å². The van der Waals surface area contributed by atoms with Crippen LogP contribution in [0.1, 0.15) is 47.0 Å². The molecule has 0 aromatic carbocycles. The van der Waals surface area contributed by atoms with Gasteiger partial charge < -0.3 is 15.6 Å². The van der Waals surface area contributed by atoms with Crippen molar-refractivity contribution in [3.63, 3.8) is 0 Å². The van der Waals surface area contributed by atoms with Crippen LogP contribution < -0.4 is 11.1 Å². The summed E-state index contributed by atoms with van der Waals surface area (Å²) in [5, 5.41) is 3.09. The number of unbranched alkanes of at least 4 members (excludes halogenated alkanes) is 1. The van der Waals surface area contributed by atoms with Crippen molar-refractivity contribution in [1.29, 1.82) is 0 Å². The van der Waals surface area contributed by atoms with E-state index in [1.54, 1.807) is 12.5 Å². The average Bonchev–Trinajstić information content (AvgIpc) is 2.86. The molecule has 3 N–H and O–H groups in total. The second-order valence-electron chi connectivity index (χ2n) is 6.44. The summed E-state index contributed by atoms with van der Waals surface area (Å²) in [6.07, 6.45) is 8.19. The minimum absolute atomic E-state index is 0.0249. The van der Waals surface area contributed by atoms with Gasteiger partial charge >= 0.3 is 0 Å². The zero-order chi connectivity index (χ0) is 15.2. The van der Waals surface area contributed by atoms with Crippen molar-refractivity contribution in [1.82, 2.24) is 14.9 Å². The Bertz CT molecular complexity index is 395. The van der Waals surface area contributed by atoms with E-state index in [0.717, 1.165) is 19.3 Å². The van der Waals surface area contributed by atoms with Crippen LogP contribution in [0.4, 0.5) is 0 Å². The summed E-state index contributed by atoms with van der Waals surface area (Å²) in [4.78, 5) is 16.2. The van der Waals surface area contributed by atoms with Gasteiger partial charge in [-0.05, 0) is 11.8 Å². The Morgan fingerprint density at radius 2 is 2.15 bits per heavy atom. The Hall–Kier alpha value is -1.36. The quantitative estimate of drug-likeness (QED) is 0.801. The molecule has 0 aliphatic rings. The maximum absolute atomic E-state index is 12.2. The van der Waals surface area contributed by atoms with E-state index in [2.05, 4.69) is 38.0 Å². The normalized spacial score (nSPS) is 14.8. The number of aromatic nitrogens is 2. The lowest BCUT2D eigenvalue weighted by atomic mass is 9.86. The molecular weight excluding hydrogens is 252 g/mol. The lowest BCUT2D eigenvalue weighted by Gasteiger charge is -2.32. The molecule has 0 saturated heterocycles. The first-order valence-electron chi connectivity index (χ1n) is 7.36. The molecule has 114 valence electrons. The van der Waals surface area contributed by atoms with Gasteiger partial charge in [-0.25, -0.2) is 4.98 Å². The predicted octanol–water partition coefficient (Wildman–Crippen LogP) is 1.93. The van der Waals surface area contributed by atoms with Gasteiger partial charge in [0.15, 0.2) is 0 Å². The summed E-state index contributed by atoms with van der Waals surface area (Å²) in [5.74, 6) is -0.0570. The highest BCUT2D eigenvalue weighted by atomic mass is 16.2. The monoisotopic (exact) mass is 280 g/mol. The molecule has 0 saturated carbocycles. The number of nitrogens with one attached hydrogen (secondary N) is 1. The van der Waals surface area contributed by atoms with Crippen LogP contribution in [0.2, 0.25) is 0 Å². The third kappa shape index (κ3) is 5.33. The minimum atomic E-state index is -0.414. The molecule has 1 heterocycles. The first-order valence-corrected chi connectivity index (χ1v) is 7.36. The molecular formula is C15H28N4O. The van der Waals surface area contributed by atoms with Gasteiger partial charge in [-0.3, -0.25) is 4.79 Å². The number of nitrogens with two attached hydrogens (primary N) is 1. The summed E-state index contributed by atoms with van der Waals surface area (Å²) < 4.78 is 1.98. The van der Waals surface area contributed by atoms with Gasteiger partial charge in [0.25, 0.3) is 0 Å². The molecule has 1 unspecified atom stereocenters. The first-order chi connectivity index (χ1) is 9.34. The molecule has 0 radical (unpaired) electrons. The van der Waals surface area contributed by atoms with Gasteiger partial charge in [-0.15, -0.1) is 0 Å². The van der Waals surface area contributed by atoms with Gasteiger partial charge in [0, 0.05) is 18.9 Å².